The summed E-state index contributed by atoms with van der Waals surface area (Å²) in [5.41, 5.74) is 2.72. The molecule has 4 nitrogen and oxygen atoms in total. The minimum Gasteiger partial charge on any atom is -0.342 e. The molecule has 1 aliphatic rings. The van der Waals surface area contributed by atoms with Crippen molar-refractivity contribution in [1.82, 2.24) is 14.5 Å². The molecule has 2 heterocycles. The first-order valence-electron chi connectivity index (χ1n) is 10.0. The Balaban J connectivity index is 1.48. The van der Waals surface area contributed by atoms with E-state index in [0.29, 0.717) is 13.1 Å². The van der Waals surface area contributed by atoms with Crippen LogP contribution in [-0.2, 0) is 4.79 Å². The molecule has 3 aromatic rings. The molecule has 0 N–H and O–H groups in total. The molecular weight excluding hydrogens is 353 g/mol. The largest absolute Gasteiger partial charge is 0.342 e. The Morgan fingerprint density at radius 3 is 2.50 bits per heavy atom. The summed E-state index contributed by atoms with van der Waals surface area (Å²) in [7, 11) is 0. The Bertz CT molecular complexity index is 958. The fraction of sp³-hybridized carbons (Fsp3) is 0.391. The molecule has 1 fully saturated rings. The average Bonchev–Trinajstić information content (AvgIpc) is 3.12. The molecule has 0 bridgehead atoms. The molecule has 1 atom stereocenters. The van der Waals surface area contributed by atoms with Crippen molar-refractivity contribution in [3.8, 4) is 0 Å². The Kier molecular flexibility index (Phi) is 5.16. The van der Waals surface area contributed by atoms with Crippen LogP contribution in [0, 0.1) is 11.7 Å². The van der Waals surface area contributed by atoms with Crippen LogP contribution in [0.3, 0.4) is 0 Å². The van der Waals surface area contributed by atoms with Gasteiger partial charge in [0.05, 0.1) is 23.3 Å². The number of carbonyl (C=O) groups excluding carboxylic acids is 1. The molecule has 0 aliphatic carbocycles. The molecule has 4 rings (SSSR count). The molecule has 2 aromatic carbocycles. The molecule has 0 saturated carbocycles. The Hall–Kier alpha value is -2.69. The highest BCUT2D eigenvalue weighted by atomic mass is 19.1. The first-order chi connectivity index (χ1) is 13.5. The van der Waals surface area contributed by atoms with Crippen molar-refractivity contribution in [2.24, 2.45) is 5.92 Å². The second-order valence-electron chi connectivity index (χ2n) is 7.97. The predicted octanol–water partition coefficient (Wildman–Crippen LogP) is 4.78. The maximum absolute atomic E-state index is 13.7. The molecule has 1 saturated heterocycles. The molecule has 0 spiro atoms. The first kappa shape index (κ1) is 18.7. The number of rotatable bonds is 4. The van der Waals surface area contributed by atoms with Gasteiger partial charge < -0.3 is 9.47 Å². The topological polar surface area (TPSA) is 38.1 Å². The lowest BCUT2D eigenvalue weighted by molar-refractivity contribution is -0.135. The van der Waals surface area contributed by atoms with Crippen LogP contribution < -0.4 is 0 Å². The van der Waals surface area contributed by atoms with Gasteiger partial charge in [0.1, 0.15) is 5.82 Å². The smallest absolute Gasteiger partial charge is 0.230 e. The highest BCUT2D eigenvalue weighted by molar-refractivity contribution is 5.84. The average molecular weight is 379 g/mol. The Morgan fingerprint density at radius 2 is 1.82 bits per heavy atom. The molecule has 1 aromatic heterocycles. The van der Waals surface area contributed by atoms with Crippen LogP contribution in [0.1, 0.15) is 44.2 Å². The number of imidazole rings is 1. The van der Waals surface area contributed by atoms with Crippen molar-refractivity contribution in [3.05, 3.63) is 66.2 Å². The number of likely N-dealkylation sites (tertiary alicyclic amines) is 1. The molecule has 28 heavy (non-hydrogen) atoms. The van der Waals surface area contributed by atoms with E-state index in [1.807, 2.05) is 35.2 Å². The van der Waals surface area contributed by atoms with E-state index in [2.05, 4.69) is 23.4 Å². The van der Waals surface area contributed by atoms with Crippen molar-refractivity contribution < 1.29 is 9.18 Å². The Morgan fingerprint density at radius 1 is 1.11 bits per heavy atom. The number of hydrogen-bond donors (Lipinski definition) is 0. The van der Waals surface area contributed by atoms with Crippen LogP contribution in [0.15, 0.2) is 54.9 Å². The number of aromatic nitrogens is 2. The number of amides is 1. The number of benzene rings is 2. The fourth-order valence-corrected chi connectivity index (χ4v) is 4.32. The van der Waals surface area contributed by atoms with Gasteiger partial charge in [-0.2, -0.15) is 0 Å². The van der Waals surface area contributed by atoms with Gasteiger partial charge in [-0.1, -0.05) is 44.2 Å². The van der Waals surface area contributed by atoms with Crippen LogP contribution in [-0.4, -0.2) is 33.4 Å². The number of fused-ring (bicyclic) bond motifs is 1. The molecule has 1 amide bonds. The third-order valence-electron chi connectivity index (χ3n) is 5.80. The maximum Gasteiger partial charge on any atom is 0.230 e. The van der Waals surface area contributed by atoms with Crippen molar-refractivity contribution in [2.75, 3.05) is 13.1 Å². The van der Waals surface area contributed by atoms with Gasteiger partial charge in [0.25, 0.3) is 0 Å². The zero-order valence-corrected chi connectivity index (χ0v) is 16.4. The van der Waals surface area contributed by atoms with E-state index in [-0.39, 0.29) is 29.6 Å². The van der Waals surface area contributed by atoms with Gasteiger partial charge >= 0.3 is 0 Å². The van der Waals surface area contributed by atoms with Gasteiger partial charge in [-0.3, -0.25) is 4.79 Å². The Labute approximate surface area is 165 Å². The van der Waals surface area contributed by atoms with Gasteiger partial charge in [-0.25, -0.2) is 9.37 Å². The minimum absolute atomic E-state index is 0.110. The van der Waals surface area contributed by atoms with Gasteiger partial charge in [0.2, 0.25) is 5.91 Å². The van der Waals surface area contributed by atoms with Gasteiger partial charge in [0.15, 0.2) is 0 Å². The summed E-state index contributed by atoms with van der Waals surface area (Å²) in [5.74, 6) is 0.0970. The standard InChI is InChI=1S/C23H26FN3O/c1-16(2)22(17-6-4-3-5-7-17)23(28)26-12-10-19(11-13-26)27-15-25-20-9-8-18(24)14-21(20)27/h3-9,14-16,19,22H,10-13H2,1-2H3. The van der Waals surface area contributed by atoms with Gasteiger partial charge in [-0.05, 0) is 42.5 Å². The van der Waals surface area contributed by atoms with Crippen LogP contribution in [0.2, 0.25) is 0 Å². The highest BCUT2D eigenvalue weighted by Gasteiger charge is 2.31. The second kappa shape index (κ2) is 7.74. The summed E-state index contributed by atoms with van der Waals surface area (Å²) < 4.78 is 15.7. The van der Waals surface area contributed by atoms with Gasteiger partial charge in [0, 0.05) is 19.1 Å². The van der Waals surface area contributed by atoms with Crippen LogP contribution >= 0.6 is 0 Å². The molecule has 5 heteroatoms. The van der Waals surface area contributed by atoms with Crippen LogP contribution in [0.4, 0.5) is 4.39 Å². The summed E-state index contributed by atoms with van der Waals surface area (Å²) in [6.07, 6.45) is 3.51. The fourth-order valence-electron chi connectivity index (χ4n) is 4.32. The van der Waals surface area contributed by atoms with E-state index in [9.17, 15) is 9.18 Å². The second-order valence-corrected chi connectivity index (χ2v) is 7.97. The van der Waals surface area contributed by atoms with Crippen LogP contribution in [0.5, 0.6) is 0 Å². The maximum atomic E-state index is 13.7. The van der Waals surface area contributed by atoms with E-state index in [4.69, 9.17) is 0 Å². The summed E-state index contributed by atoms with van der Waals surface area (Å²) in [4.78, 5) is 19.6. The summed E-state index contributed by atoms with van der Waals surface area (Å²) in [6, 6.07) is 15.0. The lowest BCUT2D eigenvalue weighted by atomic mass is 9.86. The van der Waals surface area contributed by atoms with E-state index in [1.54, 1.807) is 18.5 Å². The third kappa shape index (κ3) is 3.53. The lowest BCUT2D eigenvalue weighted by Crippen LogP contribution is -2.42. The SMILES string of the molecule is CC(C)C(C(=O)N1CCC(n2cnc3ccc(F)cc32)CC1)c1ccccc1. The van der Waals surface area contributed by atoms with E-state index >= 15 is 0 Å². The predicted molar refractivity (Wildman–Crippen MR) is 109 cm³/mol. The summed E-state index contributed by atoms with van der Waals surface area (Å²) in [5, 5.41) is 0. The lowest BCUT2D eigenvalue weighted by Gasteiger charge is -2.36. The summed E-state index contributed by atoms with van der Waals surface area (Å²) >= 11 is 0. The summed E-state index contributed by atoms with van der Waals surface area (Å²) in [6.45, 7) is 5.64. The number of carbonyl (C=O) groups is 1. The first-order valence-corrected chi connectivity index (χ1v) is 10.0. The van der Waals surface area contributed by atoms with Crippen molar-refractivity contribution >= 4 is 16.9 Å². The zero-order valence-electron chi connectivity index (χ0n) is 16.4. The van der Waals surface area contributed by atoms with E-state index < -0.39 is 0 Å². The molecular formula is C23H26FN3O. The number of piperidine rings is 1. The quantitative estimate of drug-likeness (QED) is 0.654. The monoisotopic (exact) mass is 379 g/mol. The van der Waals surface area contributed by atoms with Crippen molar-refractivity contribution in [3.63, 3.8) is 0 Å². The third-order valence-corrected chi connectivity index (χ3v) is 5.80. The van der Waals surface area contributed by atoms with Crippen LogP contribution in [0.25, 0.3) is 11.0 Å². The number of nitrogens with zero attached hydrogens (tertiary/aromatic N) is 3. The van der Waals surface area contributed by atoms with E-state index in [1.165, 1.54) is 6.07 Å². The minimum atomic E-state index is -0.246. The molecule has 1 aliphatic heterocycles. The van der Waals surface area contributed by atoms with Crippen molar-refractivity contribution in [2.45, 2.75) is 38.6 Å². The normalized spacial score (nSPS) is 16.6. The van der Waals surface area contributed by atoms with E-state index in [0.717, 1.165) is 29.4 Å². The number of halogens is 1. The van der Waals surface area contributed by atoms with Crippen molar-refractivity contribution in [1.29, 1.82) is 0 Å². The number of hydrogen-bond acceptors (Lipinski definition) is 2. The van der Waals surface area contributed by atoms with Gasteiger partial charge in [-0.15, -0.1) is 0 Å². The molecule has 146 valence electrons. The highest BCUT2D eigenvalue weighted by Crippen LogP contribution is 2.31. The molecule has 1 unspecified atom stereocenters. The zero-order chi connectivity index (χ0) is 19.7. The molecule has 0 radical (unpaired) electrons.